The van der Waals surface area contributed by atoms with Crippen LogP contribution in [0.2, 0.25) is 0 Å². The molecule has 0 saturated heterocycles. The van der Waals surface area contributed by atoms with Gasteiger partial charge in [-0.1, -0.05) is 23.8 Å². The van der Waals surface area contributed by atoms with Crippen LogP contribution < -0.4 is 10.6 Å². The molecular weight excluding hydrogens is 284 g/mol. The van der Waals surface area contributed by atoms with Gasteiger partial charge in [-0.3, -0.25) is 14.4 Å². The Kier molecular flexibility index (Phi) is 6.82. The van der Waals surface area contributed by atoms with E-state index in [1.54, 1.807) is 18.2 Å². The van der Waals surface area contributed by atoms with Gasteiger partial charge in [0.05, 0.1) is 0 Å². The Morgan fingerprint density at radius 2 is 2.05 bits per heavy atom. The van der Waals surface area contributed by atoms with E-state index in [0.29, 0.717) is 12.1 Å². The van der Waals surface area contributed by atoms with Crippen LogP contribution in [0.4, 0.5) is 0 Å². The highest BCUT2D eigenvalue weighted by molar-refractivity contribution is 5.96. The highest BCUT2D eigenvalue weighted by Crippen LogP contribution is 2.03. The van der Waals surface area contributed by atoms with Gasteiger partial charge in [0.2, 0.25) is 0 Å². The predicted octanol–water partition coefficient (Wildman–Crippen LogP) is 0.959. The van der Waals surface area contributed by atoms with Gasteiger partial charge in [-0.25, -0.2) is 0 Å². The summed E-state index contributed by atoms with van der Waals surface area (Å²) in [5, 5.41) is 4.96. The Balaban J connectivity index is 2.41. The van der Waals surface area contributed by atoms with E-state index in [2.05, 4.69) is 17.2 Å². The first-order valence-corrected chi connectivity index (χ1v) is 6.87. The summed E-state index contributed by atoms with van der Waals surface area (Å²) in [6.07, 6.45) is 0.595. The van der Waals surface area contributed by atoms with Crippen LogP contribution >= 0.6 is 0 Å². The van der Waals surface area contributed by atoms with Crippen molar-refractivity contribution in [2.24, 2.45) is 0 Å². The highest BCUT2D eigenvalue weighted by Gasteiger charge is 2.17. The molecule has 1 aromatic rings. The molecule has 1 aromatic carbocycles. The van der Waals surface area contributed by atoms with E-state index in [-0.39, 0.29) is 12.5 Å². The molecule has 0 radical (unpaired) electrons. The zero-order valence-corrected chi connectivity index (χ0v) is 12.7. The summed E-state index contributed by atoms with van der Waals surface area (Å²) >= 11 is 0. The number of hydrogen-bond donors (Lipinski definition) is 2. The number of esters is 1. The van der Waals surface area contributed by atoms with Crippen molar-refractivity contribution in [3.05, 3.63) is 48.0 Å². The number of carbonyl (C=O) groups is 3. The quantitative estimate of drug-likeness (QED) is 0.580. The number of carbonyl (C=O) groups excluding carboxylic acids is 3. The third-order valence-electron chi connectivity index (χ3n) is 2.77. The van der Waals surface area contributed by atoms with Crippen molar-refractivity contribution in [1.29, 1.82) is 0 Å². The van der Waals surface area contributed by atoms with E-state index in [0.717, 1.165) is 5.56 Å². The SMILES string of the molecule is C=CCNC(=O)C(C)OC(=O)CNC(=O)c1cccc(C)c1. The fourth-order valence-corrected chi connectivity index (χ4v) is 1.65. The van der Waals surface area contributed by atoms with E-state index >= 15 is 0 Å². The molecule has 0 bridgehead atoms. The van der Waals surface area contributed by atoms with Crippen LogP contribution in [-0.2, 0) is 14.3 Å². The molecular formula is C16H20N2O4. The van der Waals surface area contributed by atoms with E-state index in [1.807, 2.05) is 13.0 Å². The zero-order chi connectivity index (χ0) is 16.5. The van der Waals surface area contributed by atoms with Gasteiger partial charge in [0.25, 0.3) is 11.8 Å². The lowest BCUT2D eigenvalue weighted by molar-refractivity contribution is -0.153. The van der Waals surface area contributed by atoms with E-state index < -0.39 is 18.0 Å². The van der Waals surface area contributed by atoms with E-state index in [4.69, 9.17) is 4.74 Å². The van der Waals surface area contributed by atoms with Crippen molar-refractivity contribution in [2.45, 2.75) is 20.0 Å². The van der Waals surface area contributed by atoms with Crippen LogP contribution in [-0.4, -0.2) is 37.0 Å². The maximum atomic E-state index is 11.9. The Morgan fingerprint density at radius 3 is 2.68 bits per heavy atom. The number of nitrogens with one attached hydrogen (secondary N) is 2. The zero-order valence-electron chi connectivity index (χ0n) is 12.7. The molecule has 0 heterocycles. The van der Waals surface area contributed by atoms with Crippen LogP contribution in [0.15, 0.2) is 36.9 Å². The number of aryl methyl sites for hydroxylation is 1. The fourth-order valence-electron chi connectivity index (χ4n) is 1.65. The van der Waals surface area contributed by atoms with Crippen molar-refractivity contribution in [3.8, 4) is 0 Å². The summed E-state index contributed by atoms with van der Waals surface area (Å²) in [4.78, 5) is 35.0. The molecule has 0 aliphatic carbocycles. The number of rotatable bonds is 7. The summed E-state index contributed by atoms with van der Waals surface area (Å²) in [5.74, 6) is -1.47. The van der Waals surface area contributed by atoms with Crippen LogP contribution in [0.3, 0.4) is 0 Å². The minimum Gasteiger partial charge on any atom is -0.451 e. The van der Waals surface area contributed by atoms with Gasteiger partial charge >= 0.3 is 5.97 Å². The fraction of sp³-hybridized carbons (Fsp3) is 0.312. The van der Waals surface area contributed by atoms with Crippen LogP contribution in [0.1, 0.15) is 22.8 Å². The summed E-state index contributed by atoms with van der Waals surface area (Å²) in [6, 6.07) is 6.99. The second-order valence-corrected chi connectivity index (χ2v) is 4.72. The lowest BCUT2D eigenvalue weighted by Crippen LogP contribution is -2.38. The third kappa shape index (κ3) is 5.78. The molecule has 1 rings (SSSR count). The average molecular weight is 304 g/mol. The molecule has 0 aliphatic rings. The standard InChI is InChI=1S/C16H20N2O4/c1-4-8-17-15(20)12(3)22-14(19)10-18-16(21)13-7-5-6-11(2)9-13/h4-7,9,12H,1,8,10H2,2-3H3,(H,17,20)(H,18,21). The maximum Gasteiger partial charge on any atom is 0.326 e. The molecule has 0 spiro atoms. The Bertz CT molecular complexity index is 569. The topological polar surface area (TPSA) is 84.5 Å². The maximum absolute atomic E-state index is 11.9. The Hall–Kier alpha value is -2.63. The smallest absolute Gasteiger partial charge is 0.326 e. The molecule has 6 heteroatoms. The van der Waals surface area contributed by atoms with Crippen LogP contribution in [0.5, 0.6) is 0 Å². The summed E-state index contributed by atoms with van der Waals surface area (Å²) in [7, 11) is 0. The molecule has 22 heavy (non-hydrogen) atoms. The first-order valence-electron chi connectivity index (χ1n) is 6.87. The molecule has 1 atom stereocenters. The monoisotopic (exact) mass is 304 g/mol. The molecule has 2 N–H and O–H groups in total. The van der Waals surface area contributed by atoms with Crippen molar-refractivity contribution in [2.75, 3.05) is 13.1 Å². The minimum absolute atomic E-state index is 0.296. The predicted molar refractivity (Wildman–Crippen MR) is 82.3 cm³/mol. The molecule has 0 saturated carbocycles. The minimum atomic E-state index is -0.927. The van der Waals surface area contributed by atoms with E-state index in [1.165, 1.54) is 13.0 Å². The van der Waals surface area contributed by atoms with Gasteiger partial charge in [-0.15, -0.1) is 6.58 Å². The molecule has 1 unspecified atom stereocenters. The van der Waals surface area contributed by atoms with Crippen LogP contribution in [0, 0.1) is 6.92 Å². The molecule has 118 valence electrons. The molecule has 2 amide bonds. The van der Waals surface area contributed by atoms with E-state index in [9.17, 15) is 14.4 Å². The molecule has 6 nitrogen and oxygen atoms in total. The van der Waals surface area contributed by atoms with Gasteiger partial charge in [0.1, 0.15) is 6.54 Å². The average Bonchev–Trinajstić information content (AvgIpc) is 2.50. The number of amides is 2. The van der Waals surface area contributed by atoms with Crippen LogP contribution in [0.25, 0.3) is 0 Å². The van der Waals surface area contributed by atoms with Crippen molar-refractivity contribution < 1.29 is 19.1 Å². The van der Waals surface area contributed by atoms with Gasteiger partial charge in [0.15, 0.2) is 6.10 Å². The van der Waals surface area contributed by atoms with Gasteiger partial charge in [-0.05, 0) is 26.0 Å². The lowest BCUT2D eigenvalue weighted by Gasteiger charge is -2.13. The third-order valence-corrected chi connectivity index (χ3v) is 2.77. The molecule has 0 aromatic heterocycles. The molecule has 0 fully saturated rings. The molecule has 0 aliphatic heterocycles. The normalized spacial score (nSPS) is 11.2. The second kappa shape index (κ2) is 8.61. The summed E-state index contributed by atoms with van der Waals surface area (Å²) in [6.45, 7) is 6.79. The second-order valence-electron chi connectivity index (χ2n) is 4.72. The lowest BCUT2D eigenvalue weighted by atomic mass is 10.1. The number of benzene rings is 1. The Morgan fingerprint density at radius 1 is 1.32 bits per heavy atom. The van der Waals surface area contributed by atoms with Crippen molar-refractivity contribution in [3.63, 3.8) is 0 Å². The number of ether oxygens (including phenoxy) is 1. The van der Waals surface area contributed by atoms with Gasteiger partial charge in [-0.2, -0.15) is 0 Å². The first kappa shape index (κ1) is 17.4. The van der Waals surface area contributed by atoms with Gasteiger partial charge < -0.3 is 15.4 Å². The van der Waals surface area contributed by atoms with Crippen molar-refractivity contribution >= 4 is 17.8 Å². The first-order chi connectivity index (χ1) is 10.4. The largest absolute Gasteiger partial charge is 0.451 e. The number of hydrogen-bond acceptors (Lipinski definition) is 4. The summed E-state index contributed by atoms with van der Waals surface area (Å²) in [5.41, 5.74) is 1.41. The summed E-state index contributed by atoms with van der Waals surface area (Å²) < 4.78 is 4.92. The van der Waals surface area contributed by atoms with Crippen molar-refractivity contribution in [1.82, 2.24) is 10.6 Å². The Labute approximate surface area is 129 Å². The highest BCUT2D eigenvalue weighted by atomic mass is 16.5. The van der Waals surface area contributed by atoms with Gasteiger partial charge in [0, 0.05) is 12.1 Å².